The van der Waals surface area contributed by atoms with Crippen LogP contribution in [0.3, 0.4) is 0 Å². The fourth-order valence-electron chi connectivity index (χ4n) is 2.41. The molecular formula is C12H21N5O2S. The predicted molar refractivity (Wildman–Crippen MR) is 77.5 cm³/mol. The molecule has 1 aromatic heterocycles. The van der Waals surface area contributed by atoms with Gasteiger partial charge in [-0.25, -0.2) is 24.0 Å². The number of nitrogens with one attached hydrogen (secondary N) is 2. The molecule has 0 aliphatic carbocycles. The number of hydrazine groups is 1. The molecule has 2 rings (SSSR count). The molecule has 1 unspecified atom stereocenters. The summed E-state index contributed by atoms with van der Waals surface area (Å²) >= 11 is 0. The van der Waals surface area contributed by atoms with Crippen molar-refractivity contribution >= 4 is 15.8 Å². The maximum Gasteiger partial charge on any atom is 0.240 e. The standard InChI is InChI=1S/C12H21N5O2S/c1-17-6-2-3-10(9-17)8-15-20(18,19)11-4-5-14-12(7-11)16-13/h4-5,7,10,15H,2-3,6,8-9,13H2,1H3,(H,14,16). The lowest BCUT2D eigenvalue weighted by molar-refractivity contribution is 0.211. The Kier molecular flexibility index (Phi) is 4.92. The molecule has 20 heavy (non-hydrogen) atoms. The Morgan fingerprint density at radius 1 is 1.55 bits per heavy atom. The SMILES string of the molecule is CN1CCCC(CNS(=O)(=O)c2ccnc(NN)c2)C1. The lowest BCUT2D eigenvalue weighted by atomic mass is 9.99. The van der Waals surface area contributed by atoms with Crippen molar-refractivity contribution < 1.29 is 8.42 Å². The largest absolute Gasteiger partial charge is 0.308 e. The van der Waals surface area contributed by atoms with Crippen molar-refractivity contribution in [1.29, 1.82) is 0 Å². The second-order valence-electron chi connectivity index (χ2n) is 5.14. The average molecular weight is 299 g/mol. The summed E-state index contributed by atoms with van der Waals surface area (Å²) < 4.78 is 27.1. The first kappa shape index (κ1) is 15.2. The van der Waals surface area contributed by atoms with E-state index in [-0.39, 0.29) is 4.90 Å². The van der Waals surface area contributed by atoms with Crippen molar-refractivity contribution in [3.8, 4) is 0 Å². The normalized spacial score (nSPS) is 20.8. The minimum absolute atomic E-state index is 0.171. The van der Waals surface area contributed by atoms with Gasteiger partial charge in [-0.15, -0.1) is 0 Å². The number of hydrogen-bond donors (Lipinski definition) is 3. The summed E-state index contributed by atoms with van der Waals surface area (Å²) in [5.41, 5.74) is 2.34. The van der Waals surface area contributed by atoms with Gasteiger partial charge < -0.3 is 10.3 Å². The summed E-state index contributed by atoms with van der Waals surface area (Å²) in [4.78, 5) is 6.29. The molecule has 0 amide bonds. The Morgan fingerprint density at radius 2 is 2.35 bits per heavy atom. The van der Waals surface area contributed by atoms with Gasteiger partial charge in [0, 0.05) is 25.4 Å². The zero-order valence-electron chi connectivity index (χ0n) is 11.5. The van der Waals surface area contributed by atoms with E-state index in [1.807, 2.05) is 0 Å². The third-order valence-corrected chi connectivity index (χ3v) is 4.89. The van der Waals surface area contributed by atoms with E-state index in [1.165, 1.54) is 18.3 Å². The van der Waals surface area contributed by atoms with Gasteiger partial charge in [0.2, 0.25) is 10.0 Å². The van der Waals surface area contributed by atoms with Gasteiger partial charge in [0.1, 0.15) is 5.82 Å². The van der Waals surface area contributed by atoms with Crippen LogP contribution in [0.4, 0.5) is 5.82 Å². The number of anilines is 1. The van der Waals surface area contributed by atoms with Crippen LogP contribution < -0.4 is 16.0 Å². The van der Waals surface area contributed by atoms with Gasteiger partial charge in [-0.2, -0.15) is 0 Å². The van der Waals surface area contributed by atoms with Crippen molar-refractivity contribution in [2.75, 3.05) is 32.1 Å². The summed E-state index contributed by atoms with van der Waals surface area (Å²) in [6, 6.07) is 2.87. The summed E-state index contributed by atoms with van der Waals surface area (Å²) in [6.45, 7) is 2.47. The number of rotatable bonds is 5. The Balaban J connectivity index is 1.99. The van der Waals surface area contributed by atoms with Crippen LogP contribution in [0.2, 0.25) is 0 Å². The van der Waals surface area contributed by atoms with Crippen LogP contribution in [0, 0.1) is 5.92 Å². The Labute approximate surface area is 119 Å². The number of pyridine rings is 1. The number of piperidine rings is 1. The Hall–Kier alpha value is -1.22. The molecule has 1 saturated heterocycles. The van der Waals surface area contributed by atoms with E-state index in [0.717, 1.165) is 25.9 Å². The molecule has 0 aromatic carbocycles. The quantitative estimate of drug-likeness (QED) is 0.522. The van der Waals surface area contributed by atoms with E-state index in [9.17, 15) is 8.42 Å². The van der Waals surface area contributed by atoms with Gasteiger partial charge in [-0.1, -0.05) is 0 Å². The van der Waals surface area contributed by atoms with Gasteiger partial charge >= 0.3 is 0 Å². The molecule has 0 saturated carbocycles. The minimum Gasteiger partial charge on any atom is -0.308 e. The topological polar surface area (TPSA) is 100 Å². The highest BCUT2D eigenvalue weighted by molar-refractivity contribution is 7.89. The fraction of sp³-hybridized carbons (Fsp3) is 0.583. The maximum absolute atomic E-state index is 12.2. The van der Waals surface area contributed by atoms with Crippen LogP contribution in [0.5, 0.6) is 0 Å². The van der Waals surface area contributed by atoms with Crippen LogP contribution in [-0.2, 0) is 10.0 Å². The zero-order chi connectivity index (χ0) is 14.6. The lowest BCUT2D eigenvalue weighted by Gasteiger charge is -2.29. The van der Waals surface area contributed by atoms with Gasteiger partial charge in [-0.3, -0.25) is 0 Å². The van der Waals surface area contributed by atoms with Gasteiger partial charge in [-0.05, 0) is 38.4 Å². The third-order valence-electron chi connectivity index (χ3n) is 3.47. The number of sulfonamides is 1. The number of likely N-dealkylation sites (tertiary alicyclic amines) is 1. The first-order chi connectivity index (χ1) is 9.51. The molecule has 4 N–H and O–H groups in total. The fourth-order valence-corrected chi connectivity index (χ4v) is 3.54. The number of nitrogens with two attached hydrogens (primary N) is 1. The van der Waals surface area contributed by atoms with E-state index in [2.05, 4.69) is 27.1 Å². The van der Waals surface area contributed by atoms with Gasteiger partial charge in [0.05, 0.1) is 4.90 Å². The van der Waals surface area contributed by atoms with Crippen molar-refractivity contribution in [1.82, 2.24) is 14.6 Å². The summed E-state index contributed by atoms with van der Waals surface area (Å²) in [5, 5.41) is 0. The van der Waals surface area contributed by atoms with Gasteiger partial charge in [0.25, 0.3) is 0 Å². The minimum atomic E-state index is -3.51. The molecule has 1 fully saturated rings. The molecule has 1 aromatic rings. The molecule has 112 valence electrons. The van der Waals surface area contributed by atoms with E-state index < -0.39 is 10.0 Å². The number of hydrogen-bond acceptors (Lipinski definition) is 6. The highest BCUT2D eigenvalue weighted by Gasteiger charge is 2.21. The molecule has 1 aliphatic heterocycles. The summed E-state index contributed by atoms with van der Waals surface area (Å²) in [7, 11) is -1.46. The molecule has 0 bridgehead atoms. The highest BCUT2D eigenvalue weighted by Crippen LogP contribution is 2.16. The maximum atomic E-state index is 12.2. The second-order valence-corrected chi connectivity index (χ2v) is 6.91. The number of nitrogen functional groups attached to an aromatic ring is 1. The van der Waals surface area contributed by atoms with E-state index in [0.29, 0.717) is 18.3 Å². The Morgan fingerprint density at radius 3 is 3.05 bits per heavy atom. The number of aromatic nitrogens is 1. The van der Waals surface area contributed by atoms with Crippen LogP contribution in [0.15, 0.2) is 23.2 Å². The molecule has 2 heterocycles. The Bertz CT molecular complexity index is 549. The van der Waals surface area contributed by atoms with Crippen LogP contribution >= 0.6 is 0 Å². The second kappa shape index (κ2) is 6.49. The van der Waals surface area contributed by atoms with Gasteiger partial charge in [0.15, 0.2) is 0 Å². The molecule has 0 radical (unpaired) electrons. The van der Waals surface area contributed by atoms with E-state index >= 15 is 0 Å². The average Bonchev–Trinajstić information content (AvgIpc) is 2.45. The van der Waals surface area contributed by atoms with Crippen molar-refractivity contribution in [3.05, 3.63) is 18.3 Å². The predicted octanol–water partition coefficient (Wildman–Crippen LogP) is -0.0127. The molecule has 7 nitrogen and oxygen atoms in total. The molecular weight excluding hydrogens is 278 g/mol. The van der Waals surface area contributed by atoms with Crippen molar-refractivity contribution in [2.24, 2.45) is 11.8 Å². The molecule has 1 aliphatic rings. The number of nitrogens with zero attached hydrogens (tertiary/aromatic N) is 2. The molecule has 8 heteroatoms. The summed E-state index contributed by atoms with van der Waals surface area (Å²) in [6.07, 6.45) is 3.58. The third kappa shape index (κ3) is 3.89. The highest BCUT2D eigenvalue weighted by atomic mass is 32.2. The van der Waals surface area contributed by atoms with Crippen LogP contribution in [-0.4, -0.2) is 45.0 Å². The molecule has 0 spiro atoms. The first-order valence-electron chi connectivity index (χ1n) is 6.62. The summed E-state index contributed by atoms with van der Waals surface area (Å²) in [5.74, 6) is 5.92. The smallest absolute Gasteiger partial charge is 0.240 e. The van der Waals surface area contributed by atoms with Crippen molar-refractivity contribution in [3.63, 3.8) is 0 Å². The van der Waals surface area contributed by atoms with Crippen LogP contribution in [0.1, 0.15) is 12.8 Å². The van der Waals surface area contributed by atoms with E-state index in [4.69, 9.17) is 5.84 Å². The first-order valence-corrected chi connectivity index (χ1v) is 8.10. The lowest BCUT2D eigenvalue weighted by Crippen LogP contribution is -2.39. The van der Waals surface area contributed by atoms with E-state index in [1.54, 1.807) is 0 Å². The van der Waals surface area contributed by atoms with Crippen molar-refractivity contribution in [2.45, 2.75) is 17.7 Å². The molecule has 1 atom stereocenters. The van der Waals surface area contributed by atoms with Crippen LogP contribution in [0.25, 0.3) is 0 Å². The zero-order valence-corrected chi connectivity index (χ0v) is 12.4. The monoisotopic (exact) mass is 299 g/mol.